The molecule has 0 unspecified atom stereocenters. The number of furan rings is 1. The molecule has 3 aromatic rings. The van der Waals surface area contributed by atoms with Gasteiger partial charge in [-0.2, -0.15) is 0 Å². The van der Waals surface area contributed by atoms with E-state index >= 15 is 0 Å². The summed E-state index contributed by atoms with van der Waals surface area (Å²) in [6.07, 6.45) is 0. The average molecular weight is 296 g/mol. The Hall–Kier alpha value is -3.08. The quantitative estimate of drug-likeness (QED) is 0.720. The van der Waals surface area contributed by atoms with E-state index in [1.165, 1.54) is 18.2 Å². The molecule has 1 aromatic heterocycles. The average Bonchev–Trinajstić information content (AvgIpc) is 2.98. The van der Waals surface area contributed by atoms with Gasteiger partial charge < -0.3 is 15.5 Å². The Morgan fingerprint density at radius 2 is 1.82 bits per heavy atom. The van der Waals surface area contributed by atoms with Crippen LogP contribution in [0.2, 0.25) is 0 Å². The molecule has 3 N–H and O–H groups in total. The Kier molecular flexibility index (Phi) is 3.62. The smallest absolute Gasteiger partial charge is 0.291 e. The summed E-state index contributed by atoms with van der Waals surface area (Å²) >= 11 is 0. The zero-order chi connectivity index (χ0) is 15.5. The maximum absolute atomic E-state index is 13.1. The number of carbonyl (C=O) groups is 1. The lowest BCUT2D eigenvalue weighted by atomic mass is 10.1. The minimum atomic E-state index is -0.438. The van der Waals surface area contributed by atoms with Gasteiger partial charge in [-0.25, -0.2) is 4.39 Å². The van der Waals surface area contributed by atoms with Crippen LogP contribution in [0.15, 0.2) is 65.1 Å². The second kappa shape index (κ2) is 5.73. The first-order chi connectivity index (χ1) is 10.6. The third-order valence-corrected chi connectivity index (χ3v) is 3.11. The van der Waals surface area contributed by atoms with Gasteiger partial charge in [0.15, 0.2) is 5.76 Å². The van der Waals surface area contributed by atoms with E-state index in [4.69, 9.17) is 10.2 Å². The number of benzene rings is 2. The number of nitrogens with one attached hydrogen (secondary N) is 1. The largest absolute Gasteiger partial charge is 0.451 e. The van der Waals surface area contributed by atoms with Crippen LogP contribution < -0.4 is 11.1 Å². The van der Waals surface area contributed by atoms with E-state index in [2.05, 4.69) is 5.32 Å². The highest BCUT2D eigenvalue weighted by Crippen LogP contribution is 2.23. The van der Waals surface area contributed by atoms with Crippen molar-refractivity contribution in [1.82, 2.24) is 0 Å². The van der Waals surface area contributed by atoms with Crippen molar-refractivity contribution in [3.8, 4) is 11.3 Å². The standard InChI is InChI=1S/C17H13FN2O2/c18-12-2-1-3-14(10-12)20-17(21)16-9-8-15(22-16)11-4-6-13(19)7-5-11/h1-10H,19H2,(H,20,21). The fourth-order valence-electron chi connectivity index (χ4n) is 2.02. The van der Waals surface area contributed by atoms with Crippen molar-refractivity contribution in [3.05, 3.63) is 72.2 Å². The molecule has 1 amide bonds. The van der Waals surface area contributed by atoms with E-state index in [-0.39, 0.29) is 5.76 Å². The van der Waals surface area contributed by atoms with E-state index in [0.29, 0.717) is 17.1 Å². The second-order valence-electron chi connectivity index (χ2n) is 4.75. The Bertz CT molecular complexity index is 810. The molecule has 5 heteroatoms. The first-order valence-corrected chi connectivity index (χ1v) is 6.64. The molecule has 0 saturated carbocycles. The number of hydrogen-bond acceptors (Lipinski definition) is 3. The van der Waals surface area contributed by atoms with Crippen LogP contribution in [0, 0.1) is 5.82 Å². The predicted molar refractivity (Wildman–Crippen MR) is 82.9 cm³/mol. The lowest BCUT2D eigenvalue weighted by Crippen LogP contribution is -2.10. The summed E-state index contributed by atoms with van der Waals surface area (Å²) in [4.78, 5) is 12.1. The van der Waals surface area contributed by atoms with Crippen molar-refractivity contribution >= 4 is 17.3 Å². The lowest BCUT2D eigenvalue weighted by molar-refractivity contribution is 0.0997. The zero-order valence-corrected chi connectivity index (χ0v) is 11.5. The Morgan fingerprint density at radius 3 is 2.55 bits per heavy atom. The minimum Gasteiger partial charge on any atom is -0.451 e. The van der Waals surface area contributed by atoms with Crippen molar-refractivity contribution in [1.29, 1.82) is 0 Å². The number of halogens is 1. The third-order valence-electron chi connectivity index (χ3n) is 3.11. The fourth-order valence-corrected chi connectivity index (χ4v) is 2.02. The SMILES string of the molecule is Nc1ccc(-c2ccc(C(=O)Nc3cccc(F)c3)o2)cc1. The topological polar surface area (TPSA) is 68.3 Å². The highest BCUT2D eigenvalue weighted by atomic mass is 19.1. The molecule has 0 saturated heterocycles. The number of carbonyl (C=O) groups excluding carboxylic acids is 1. The van der Waals surface area contributed by atoms with E-state index in [1.54, 1.807) is 30.3 Å². The van der Waals surface area contributed by atoms with Crippen LogP contribution in [0.4, 0.5) is 15.8 Å². The van der Waals surface area contributed by atoms with Crippen molar-refractivity contribution in [2.45, 2.75) is 0 Å². The van der Waals surface area contributed by atoms with E-state index in [0.717, 1.165) is 5.56 Å². The first kappa shape index (κ1) is 13.9. The Morgan fingerprint density at radius 1 is 1.05 bits per heavy atom. The monoisotopic (exact) mass is 296 g/mol. The maximum atomic E-state index is 13.1. The van der Waals surface area contributed by atoms with Crippen molar-refractivity contribution in [2.24, 2.45) is 0 Å². The summed E-state index contributed by atoms with van der Waals surface area (Å²) in [5.74, 6) is -0.146. The molecule has 0 aliphatic carbocycles. The molecule has 1 heterocycles. The van der Waals surface area contributed by atoms with Crippen LogP contribution in [-0.2, 0) is 0 Å². The highest BCUT2D eigenvalue weighted by Gasteiger charge is 2.12. The molecule has 4 nitrogen and oxygen atoms in total. The minimum absolute atomic E-state index is 0.149. The van der Waals surface area contributed by atoms with Crippen LogP contribution in [0.3, 0.4) is 0 Å². The van der Waals surface area contributed by atoms with E-state index in [1.807, 2.05) is 12.1 Å². The molecule has 22 heavy (non-hydrogen) atoms. The summed E-state index contributed by atoms with van der Waals surface area (Å²) in [6, 6.07) is 16.1. The Balaban J connectivity index is 1.78. The molecule has 3 rings (SSSR count). The number of anilines is 2. The molecule has 2 aromatic carbocycles. The van der Waals surface area contributed by atoms with Gasteiger partial charge >= 0.3 is 0 Å². The van der Waals surface area contributed by atoms with Gasteiger partial charge in [-0.15, -0.1) is 0 Å². The molecular formula is C17H13FN2O2. The molecule has 0 spiro atoms. The number of amides is 1. The van der Waals surface area contributed by atoms with E-state index < -0.39 is 11.7 Å². The van der Waals surface area contributed by atoms with Crippen LogP contribution >= 0.6 is 0 Å². The van der Waals surface area contributed by atoms with Crippen LogP contribution in [0.25, 0.3) is 11.3 Å². The van der Waals surface area contributed by atoms with Crippen LogP contribution in [-0.4, -0.2) is 5.91 Å². The van der Waals surface area contributed by atoms with Gasteiger partial charge in [-0.3, -0.25) is 4.79 Å². The summed E-state index contributed by atoms with van der Waals surface area (Å²) in [6.45, 7) is 0. The van der Waals surface area contributed by atoms with Gasteiger partial charge in [0.2, 0.25) is 0 Å². The number of nitrogens with two attached hydrogens (primary N) is 1. The van der Waals surface area contributed by atoms with Gasteiger partial charge in [0.25, 0.3) is 5.91 Å². The summed E-state index contributed by atoms with van der Waals surface area (Å²) in [5.41, 5.74) is 7.47. The van der Waals surface area contributed by atoms with Gasteiger partial charge in [-0.1, -0.05) is 6.07 Å². The Labute approximate surface area is 126 Å². The zero-order valence-electron chi connectivity index (χ0n) is 11.5. The molecule has 0 bridgehead atoms. The lowest BCUT2D eigenvalue weighted by Gasteiger charge is -2.03. The number of rotatable bonds is 3. The van der Waals surface area contributed by atoms with Crippen molar-refractivity contribution in [2.75, 3.05) is 11.1 Å². The molecule has 0 aliphatic heterocycles. The summed E-state index contributed by atoms with van der Waals surface area (Å²) in [5, 5.41) is 2.58. The molecule has 0 fully saturated rings. The van der Waals surface area contributed by atoms with Crippen LogP contribution in [0.1, 0.15) is 10.6 Å². The second-order valence-corrected chi connectivity index (χ2v) is 4.75. The molecule has 110 valence electrons. The summed E-state index contributed by atoms with van der Waals surface area (Å²) < 4.78 is 18.6. The normalized spacial score (nSPS) is 10.4. The highest BCUT2D eigenvalue weighted by molar-refractivity contribution is 6.02. The van der Waals surface area contributed by atoms with Crippen molar-refractivity contribution in [3.63, 3.8) is 0 Å². The first-order valence-electron chi connectivity index (χ1n) is 6.64. The molecule has 0 radical (unpaired) electrons. The van der Waals surface area contributed by atoms with E-state index in [9.17, 15) is 9.18 Å². The van der Waals surface area contributed by atoms with Crippen LogP contribution in [0.5, 0.6) is 0 Å². The predicted octanol–water partition coefficient (Wildman–Crippen LogP) is 3.92. The third kappa shape index (κ3) is 2.98. The molecular weight excluding hydrogens is 283 g/mol. The maximum Gasteiger partial charge on any atom is 0.291 e. The van der Waals surface area contributed by atoms with Crippen molar-refractivity contribution < 1.29 is 13.6 Å². The van der Waals surface area contributed by atoms with Gasteiger partial charge in [-0.05, 0) is 54.6 Å². The molecule has 0 aliphatic rings. The van der Waals surface area contributed by atoms with Gasteiger partial charge in [0.05, 0.1) is 0 Å². The molecule has 0 atom stereocenters. The number of nitrogen functional groups attached to an aromatic ring is 1. The fraction of sp³-hybridized carbons (Fsp3) is 0. The number of hydrogen-bond donors (Lipinski definition) is 2. The van der Waals surface area contributed by atoms with Gasteiger partial charge in [0, 0.05) is 16.9 Å². The summed E-state index contributed by atoms with van der Waals surface area (Å²) in [7, 11) is 0. The van der Waals surface area contributed by atoms with Gasteiger partial charge in [0.1, 0.15) is 11.6 Å².